The lowest BCUT2D eigenvalue weighted by atomic mass is 9.93. The second-order valence-electron chi connectivity index (χ2n) is 8.05. The lowest BCUT2D eigenvalue weighted by molar-refractivity contribution is 0.451. The van der Waals surface area contributed by atoms with E-state index in [9.17, 15) is 8.42 Å². The van der Waals surface area contributed by atoms with E-state index in [-0.39, 0.29) is 15.7 Å². The molecule has 0 aliphatic carbocycles. The highest BCUT2D eigenvalue weighted by atomic mass is 35.5. The van der Waals surface area contributed by atoms with E-state index in [0.29, 0.717) is 5.92 Å². The number of anilines is 1. The SMILES string of the molecule is O=S(=O)(Nc1cc(-c2ccc3nnc(C4CCNCC4)cc3c2)cnc1Cl)c1ccccc1. The molecule has 3 heterocycles. The van der Waals surface area contributed by atoms with Gasteiger partial charge in [-0.1, -0.05) is 35.9 Å². The van der Waals surface area contributed by atoms with Gasteiger partial charge >= 0.3 is 0 Å². The Kier molecular flexibility index (Phi) is 5.97. The largest absolute Gasteiger partial charge is 0.317 e. The van der Waals surface area contributed by atoms with Gasteiger partial charge in [0.1, 0.15) is 0 Å². The zero-order chi connectivity index (χ0) is 22.8. The first-order chi connectivity index (χ1) is 16.0. The van der Waals surface area contributed by atoms with Crippen molar-refractivity contribution < 1.29 is 8.42 Å². The molecule has 0 spiro atoms. The number of aromatic nitrogens is 3. The second-order valence-corrected chi connectivity index (χ2v) is 10.1. The van der Waals surface area contributed by atoms with Crippen molar-refractivity contribution in [1.82, 2.24) is 20.5 Å². The number of nitrogens with one attached hydrogen (secondary N) is 2. The first-order valence-electron chi connectivity index (χ1n) is 10.7. The van der Waals surface area contributed by atoms with Crippen molar-refractivity contribution in [2.24, 2.45) is 0 Å². The molecule has 0 amide bonds. The standard InChI is InChI=1S/C24H22ClN5O2S/c25-24-23(30-33(31,32)20-4-2-1-3-5-20)14-19(15-27-24)17-6-7-21-18(12-17)13-22(29-28-21)16-8-10-26-11-9-16/h1-7,12-16,26,30H,8-11H2. The van der Waals surface area contributed by atoms with Crippen LogP contribution in [0.4, 0.5) is 5.69 Å². The summed E-state index contributed by atoms with van der Waals surface area (Å²) in [6.07, 6.45) is 3.73. The Morgan fingerprint density at radius 2 is 1.73 bits per heavy atom. The van der Waals surface area contributed by atoms with Crippen LogP contribution in [0.1, 0.15) is 24.5 Å². The summed E-state index contributed by atoms with van der Waals surface area (Å²) in [7, 11) is -3.79. The van der Waals surface area contributed by atoms with Crippen LogP contribution in [0.25, 0.3) is 22.0 Å². The fourth-order valence-corrected chi connectivity index (χ4v) is 5.32. The van der Waals surface area contributed by atoms with Gasteiger partial charge in [0.15, 0.2) is 5.15 Å². The fraction of sp³-hybridized carbons (Fsp3) is 0.208. The van der Waals surface area contributed by atoms with Gasteiger partial charge in [0, 0.05) is 23.1 Å². The third kappa shape index (κ3) is 4.68. The Labute approximate surface area is 197 Å². The Morgan fingerprint density at radius 3 is 2.52 bits per heavy atom. The van der Waals surface area contributed by atoms with Gasteiger partial charge in [0.25, 0.3) is 10.0 Å². The number of nitrogens with zero attached hydrogens (tertiary/aromatic N) is 3. The van der Waals surface area contributed by atoms with Gasteiger partial charge < -0.3 is 5.32 Å². The minimum absolute atomic E-state index is 0.0816. The smallest absolute Gasteiger partial charge is 0.261 e. The van der Waals surface area contributed by atoms with Crippen molar-refractivity contribution in [2.45, 2.75) is 23.7 Å². The summed E-state index contributed by atoms with van der Waals surface area (Å²) in [5.74, 6) is 0.406. The molecular formula is C24H22ClN5O2S. The van der Waals surface area contributed by atoms with Crippen LogP contribution in [0.15, 0.2) is 71.8 Å². The number of halogens is 1. The first-order valence-corrected chi connectivity index (χ1v) is 12.6. The molecule has 9 heteroatoms. The Morgan fingerprint density at radius 1 is 0.939 bits per heavy atom. The van der Waals surface area contributed by atoms with Crippen LogP contribution in [-0.2, 0) is 10.0 Å². The summed E-state index contributed by atoms with van der Waals surface area (Å²) in [6, 6.07) is 17.8. The predicted octanol–water partition coefficient (Wildman–Crippen LogP) is 4.61. The highest BCUT2D eigenvalue weighted by Crippen LogP contribution is 2.31. The number of piperidine rings is 1. The monoisotopic (exact) mass is 479 g/mol. The summed E-state index contributed by atoms with van der Waals surface area (Å²) in [5, 5.41) is 13.3. The van der Waals surface area contributed by atoms with Gasteiger partial charge in [-0.2, -0.15) is 10.2 Å². The molecule has 2 aromatic heterocycles. The molecule has 1 aliphatic rings. The topological polar surface area (TPSA) is 96.9 Å². The van der Waals surface area contributed by atoms with Crippen molar-refractivity contribution in [3.8, 4) is 11.1 Å². The Hall–Kier alpha value is -3.07. The number of hydrogen-bond donors (Lipinski definition) is 2. The number of rotatable bonds is 5. The Bertz CT molecular complexity index is 1410. The van der Waals surface area contributed by atoms with Crippen molar-refractivity contribution in [3.63, 3.8) is 0 Å². The van der Waals surface area contributed by atoms with E-state index in [0.717, 1.165) is 53.7 Å². The molecule has 0 unspecified atom stereocenters. The number of benzene rings is 2. The predicted molar refractivity (Wildman–Crippen MR) is 130 cm³/mol. The number of pyridine rings is 1. The summed E-state index contributed by atoms with van der Waals surface area (Å²) in [4.78, 5) is 4.36. The van der Waals surface area contributed by atoms with Crippen molar-refractivity contribution in [1.29, 1.82) is 0 Å². The minimum atomic E-state index is -3.79. The van der Waals surface area contributed by atoms with Crippen LogP contribution in [0, 0.1) is 0 Å². The third-order valence-corrected chi connectivity index (χ3v) is 7.51. The van der Waals surface area contributed by atoms with Crippen LogP contribution in [0.3, 0.4) is 0 Å². The highest BCUT2D eigenvalue weighted by Gasteiger charge is 2.19. The van der Waals surface area contributed by atoms with E-state index in [2.05, 4.69) is 31.3 Å². The van der Waals surface area contributed by atoms with E-state index >= 15 is 0 Å². The van der Waals surface area contributed by atoms with Crippen molar-refractivity contribution in [2.75, 3.05) is 17.8 Å². The average Bonchev–Trinajstić information content (AvgIpc) is 2.85. The number of hydrogen-bond acceptors (Lipinski definition) is 6. The maximum Gasteiger partial charge on any atom is 0.261 e. The highest BCUT2D eigenvalue weighted by molar-refractivity contribution is 7.92. The van der Waals surface area contributed by atoms with Crippen LogP contribution in [0.5, 0.6) is 0 Å². The molecule has 1 fully saturated rings. The van der Waals surface area contributed by atoms with Gasteiger partial charge in [-0.3, -0.25) is 4.72 Å². The Balaban J connectivity index is 1.48. The summed E-state index contributed by atoms with van der Waals surface area (Å²) < 4.78 is 28.0. The normalized spacial score (nSPS) is 14.9. The van der Waals surface area contributed by atoms with Gasteiger partial charge in [-0.15, -0.1) is 0 Å². The van der Waals surface area contributed by atoms with Crippen molar-refractivity contribution in [3.05, 3.63) is 77.7 Å². The molecule has 7 nitrogen and oxygen atoms in total. The molecular weight excluding hydrogens is 458 g/mol. The molecule has 1 saturated heterocycles. The van der Waals surface area contributed by atoms with E-state index < -0.39 is 10.0 Å². The lowest BCUT2D eigenvalue weighted by Gasteiger charge is -2.21. The first kappa shape index (κ1) is 21.8. The average molecular weight is 480 g/mol. The van der Waals surface area contributed by atoms with E-state index in [1.807, 2.05) is 18.2 Å². The van der Waals surface area contributed by atoms with Gasteiger partial charge in [-0.05, 0) is 67.9 Å². The van der Waals surface area contributed by atoms with Gasteiger partial charge in [-0.25, -0.2) is 13.4 Å². The summed E-state index contributed by atoms with van der Waals surface area (Å²) in [6.45, 7) is 1.98. The molecule has 0 bridgehead atoms. The molecule has 0 saturated carbocycles. The quantitative estimate of drug-likeness (QED) is 0.405. The second kappa shape index (κ2) is 9.05. The van der Waals surface area contributed by atoms with Crippen LogP contribution >= 0.6 is 11.6 Å². The van der Waals surface area contributed by atoms with Crippen LogP contribution < -0.4 is 10.0 Å². The molecule has 33 heavy (non-hydrogen) atoms. The number of fused-ring (bicyclic) bond motifs is 1. The third-order valence-electron chi connectivity index (χ3n) is 5.83. The molecule has 0 radical (unpaired) electrons. The molecule has 0 atom stereocenters. The molecule has 168 valence electrons. The minimum Gasteiger partial charge on any atom is -0.317 e. The van der Waals surface area contributed by atoms with Crippen LogP contribution in [0.2, 0.25) is 5.15 Å². The zero-order valence-electron chi connectivity index (χ0n) is 17.7. The van der Waals surface area contributed by atoms with Crippen molar-refractivity contribution >= 4 is 38.2 Å². The fourth-order valence-electron chi connectivity index (χ4n) is 4.04. The van der Waals surface area contributed by atoms with Gasteiger partial charge in [0.2, 0.25) is 0 Å². The lowest BCUT2D eigenvalue weighted by Crippen LogP contribution is -2.27. The summed E-state index contributed by atoms with van der Waals surface area (Å²) >= 11 is 6.22. The van der Waals surface area contributed by atoms with E-state index in [4.69, 9.17) is 11.6 Å². The molecule has 2 N–H and O–H groups in total. The maximum absolute atomic E-state index is 12.7. The molecule has 5 rings (SSSR count). The van der Waals surface area contributed by atoms with Gasteiger partial charge in [0.05, 0.1) is 21.8 Å². The summed E-state index contributed by atoms with van der Waals surface area (Å²) in [5.41, 5.74) is 3.67. The van der Waals surface area contributed by atoms with E-state index in [1.54, 1.807) is 30.5 Å². The van der Waals surface area contributed by atoms with Crippen LogP contribution in [-0.4, -0.2) is 36.7 Å². The zero-order valence-corrected chi connectivity index (χ0v) is 19.3. The molecule has 2 aromatic carbocycles. The number of sulfonamides is 1. The maximum atomic E-state index is 12.7. The molecule has 1 aliphatic heterocycles. The molecule has 4 aromatic rings. The van der Waals surface area contributed by atoms with E-state index in [1.165, 1.54) is 12.1 Å².